The lowest BCUT2D eigenvalue weighted by Crippen LogP contribution is -2.61. The number of carbonyl (C=O) groups is 2. The smallest absolute Gasteiger partial charge is 0.306 e. The van der Waals surface area contributed by atoms with Crippen molar-refractivity contribution in [3.63, 3.8) is 0 Å². The van der Waals surface area contributed by atoms with Crippen LogP contribution in [0, 0.1) is 0 Å². The predicted octanol–water partition coefficient (Wildman–Crippen LogP) is 7.71. The molecular formula is C53H94O15. The number of aliphatic hydroxyl groups excluding tert-OH is 7. The van der Waals surface area contributed by atoms with Crippen molar-refractivity contribution in [1.29, 1.82) is 0 Å². The number of allylic oxidation sites excluding steroid dienone is 6. The van der Waals surface area contributed by atoms with Crippen molar-refractivity contribution in [3.8, 4) is 0 Å². The van der Waals surface area contributed by atoms with Gasteiger partial charge < -0.3 is 64.2 Å². The van der Waals surface area contributed by atoms with E-state index < -0.39 is 92.7 Å². The van der Waals surface area contributed by atoms with Crippen LogP contribution in [-0.2, 0) is 38.0 Å². The van der Waals surface area contributed by atoms with Gasteiger partial charge in [-0.25, -0.2) is 0 Å². The fourth-order valence-corrected chi connectivity index (χ4v) is 8.29. The molecule has 0 spiro atoms. The molecule has 7 N–H and O–H groups in total. The summed E-state index contributed by atoms with van der Waals surface area (Å²) >= 11 is 0. The maximum Gasteiger partial charge on any atom is 0.306 e. The van der Waals surface area contributed by atoms with Crippen molar-refractivity contribution in [1.82, 2.24) is 0 Å². The minimum atomic E-state index is -1.77. The summed E-state index contributed by atoms with van der Waals surface area (Å²) in [6, 6.07) is 0. The summed E-state index contributed by atoms with van der Waals surface area (Å²) in [6.07, 6.45) is 26.0. The second kappa shape index (κ2) is 40.3. The lowest BCUT2D eigenvalue weighted by molar-refractivity contribution is -0.332. The second-order valence-corrected chi connectivity index (χ2v) is 18.7. The molecule has 0 bridgehead atoms. The van der Waals surface area contributed by atoms with Gasteiger partial charge in [-0.2, -0.15) is 0 Å². The Labute approximate surface area is 408 Å². The SMILES string of the molecule is CC/C=C\C/C=C\C/C=C\CCCCCCCC(=O)OC[C@H](CO[C@@H]1O[C@H](CO[C@H]2O[C@H](CO)[C@H](O)[C@H](O)[C@H]2O)[C@H](O)[C@H](O)[C@H]1O)OC(=O)CCCCCCCCCCCCCCCCCCC. The molecule has 396 valence electrons. The summed E-state index contributed by atoms with van der Waals surface area (Å²) in [5.74, 6) is -0.939. The van der Waals surface area contributed by atoms with Gasteiger partial charge in [-0.05, 0) is 44.9 Å². The maximum atomic E-state index is 13.0. The zero-order valence-corrected chi connectivity index (χ0v) is 41.8. The highest BCUT2D eigenvalue weighted by Crippen LogP contribution is 2.26. The number of ether oxygens (including phenoxy) is 6. The van der Waals surface area contributed by atoms with E-state index in [9.17, 15) is 45.3 Å². The Kier molecular flexibility index (Phi) is 36.7. The number of aliphatic hydroxyl groups is 7. The second-order valence-electron chi connectivity index (χ2n) is 18.7. The van der Waals surface area contributed by atoms with Gasteiger partial charge in [0.15, 0.2) is 18.7 Å². The average molecular weight is 971 g/mol. The van der Waals surface area contributed by atoms with E-state index in [1.807, 2.05) is 0 Å². The molecular weight excluding hydrogens is 877 g/mol. The van der Waals surface area contributed by atoms with Crippen LogP contribution in [0.4, 0.5) is 0 Å². The van der Waals surface area contributed by atoms with Crippen molar-refractivity contribution in [3.05, 3.63) is 36.5 Å². The number of unbranched alkanes of at least 4 members (excludes halogenated alkanes) is 21. The monoisotopic (exact) mass is 971 g/mol. The number of esters is 2. The molecule has 2 fully saturated rings. The van der Waals surface area contributed by atoms with E-state index >= 15 is 0 Å². The van der Waals surface area contributed by atoms with E-state index in [4.69, 9.17) is 28.4 Å². The molecule has 0 saturated carbocycles. The molecule has 2 saturated heterocycles. The minimum Gasteiger partial charge on any atom is -0.462 e. The third kappa shape index (κ3) is 27.9. The summed E-state index contributed by atoms with van der Waals surface area (Å²) in [7, 11) is 0. The molecule has 0 amide bonds. The first-order valence-electron chi connectivity index (χ1n) is 26.6. The van der Waals surface area contributed by atoms with Gasteiger partial charge in [0.05, 0.1) is 19.8 Å². The highest BCUT2D eigenvalue weighted by atomic mass is 16.7. The van der Waals surface area contributed by atoms with Crippen LogP contribution >= 0.6 is 0 Å². The Morgan fingerprint density at radius 1 is 0.485 bits per heavy atom. The van der Waals surface area contributed by atoms with Gasteiger partial charge in [0.1, 0.15) is 55.4 Å². The van der Waals surface area contributed by atoms with E-state index in [2.05, 4.69) is 50.3 Å². The zero-order chi connectivity index (χ0) is 49.6. The molecule has 2 rings (SSSR count). The predicted molar refractivity (Wildman–Crippen MR) is 261 cm³/mol. The summed E-state index contributed by atoms with van der Waals surface area (Å²) in [5.41, 5.74) is 0. The lowest BCUT2D eigenvalue weighted by Gasteiger charge is -2.42. The lowest BCUT2D eigenvalue weighted by atomic mass is 9.98. The fourth-order valence-electron chi connectivity index (χ4n) is 8.29. The summed E-state index contributed by atoms with van der Waals surface area (Å²) in [5, 5.41) is 72.1. The first kappa shape index (κ1) is 61.8. The quantitative estimate of drug-likeness (QED) is 0.0177. The molecule has 0 aromatic heterocycles. The largest absolute Gasteiger partial charge is 0.462 e. The molecule has 11 atom stereocenters. The zero-order valence-electron chi connectivity index (χ0n) is 41.8. The van der Waals surface area contributed by atoms with E-state index in [1.165, 1.54) is 83.5 Å². The molecule has 15 nitrogen and oxygen atoms in total. The first-order chi connectivity index (χ1) is 33.0. The van der Waals surface area contributed by atoms with Gasteiger partial charge in [0.25, 0.3) is 0 Å². The molecule has 68 heavy (non-hydrogen) atoms. The highest BCUT2D eigenvalue weighted by molar-refractivity contribution is 5.70. The van der Waals surface area contributed by atoms with Crippen molar-refractivity contribution < 1.29 is 73.8 Å². The van der Waals surface area contributed by atoms with Crippen LogP contribution < -0.4 is 0 Å². The molecule has 15 heteroatoms. The van der Waals surface area contributed by atoms with Crippen molar-refractivity contribution >= 4 is 11.9 Å². The Balaban J connectivity index is 1.80. The van der Waals surface area contributed by atoms with Crippen molar-refractivity contribution in [2.45, 2.75) is 261 Å². The third-order valence-corrected chi connectivity index (χ3v) is 12.6. The molecule has 2 aliphatic rings. The molecule has 2 heterocycles. The van der Waals surface area contributed by atoms with Crippen LogP contribution in [0.2, 0.25) is 0 Å². The Bertz CT molecular complexity index is 1330. The molecule has 0 aliphatic carbocycles. The van der Waals surface area contributed by atoms with Gasteiger partial charge in [0.2, 0.25) is 0 Å². The first-order valence-corrected chi connectivity index (χ1v) is 26.6. The van der Waals surface area contributed by atoms with E-state index in [0.717, 1.165) is 70.6 Å². The van der Waals surface area contributed by atoms with Crippen LogP contribution in [0.3, 0.4) is 0 Å². The molecule has 0 radical (unpaired) electrons. The summed E-state index contributed by atoms with van der Waals surface area (Å²) in [4.78, 5) is 25.8. The Hall–Kier alpha value is -2.28. The topological polar surface area (TPSA) is 231 Å². The fraction of sp³-hybridized carbons (Fsp3) is 0.849. The number of carbonyl (C=O) groups excluding carboxylic acids is 2. The molecule has 0 aromatic rings. The summed E-state index contributed by atoms with van der Waals surface area (Å²) < 4.78 is 33.6. The van der Waals surface area contributed by atoms with Crippen LogP contribution in [-0.4, -0.2) is 142 Å². The number of rotatable bonds is 41. The van der Waals surface area contributed by atoms with Gasteiger partial charge in [-0.1, -0.05) is 172 Å². The van der Waals surface area contributed by atoms with E-state index in [1.54, 1.807) is 0 Å². The maximum absolute atomic E-state index is 13.0. The van der Waals surface area contributed by atoms with Crippen LogP contribution in [0.25, 0.3) is 0 Å². The standard InChI is InChI=1S/C53H94O15/c1-3-5-7-9-11-13-15-17-19-20-22-24-26-28-30-32-34-36-45(56)66-41(38-63-44(55)35-33-31-29-27-25-23-21-18-16-14-12-10-8-6-4-2)39-64-52-51(62)49(60)47(58)43(68-52)40-65-53-50(61)48(59)46(57)42(37-54)67-53/h6,8,12,14,18,21,41-43,46-54,57-62H,3-5,7,9-11,13,15-17,19-20,22-40H2,1-2H3/b8-6-,14-12-,21-18-/t41-,42-,43-,46+,47+,48+,49+,50-,51-,52-,53+/m1/s1. The van der Waals surface area contributed by atoms with Crippen molar-refractivity contribution in [2.75, 3.05) is 26.4 Å². The van der Waals surface area contributed by atoms with Gasteiger partial charge in [0, 0.05) is 12.8 Å². The number of hydrogen-bond acceptors (Lipinski definition) is 15. The van der Waals surface area contributed by atoms with Crippen LogP contribution in [0.1, 0.15) is 194 Å². The minimum absolute atomic E-state index is 0.164. The third-order valence-electron chi connectivity index (χ3n) is 12.6. The Morgan fingerprint density at radius 3 is 1.46 bits per heavy atom. The molecule has 2 aliphatic heterocycles. The van der Waals surface area contributed by atoms with Gasteiger partial charge >= 0.3 is 11.9 Å². The average Bonchev–Trinajstić information content (AvgIpc) is 3.33. The van der Waals surface area contributed by atoms with E-state index in [-0.39, 0.29) is 26.1 Å². The van der Waals surface area contributed by atoms with Gasteiger partial charge in [-0.15, -0.1) is 0 Å². The van der Waals surface area contributed by atoms with Crippen molar-refractivity contribution in [2.24, 2.45) is 0 Å². The molecule has 0 aromatic carbocycles. The molecule has 0 unspecified atom stereocenters. The van der Waals surface area contributed by atoms with Gasteiger partial charge in [-0.3, -0.25) is 9.59 Å². The Morgan fingerprint density at radius 2 is 0.926 bits per heavy atom. The van der Waals surface area contributed by atoms with E-state index in [0.29, 0.717) is 12.8 Å². The van der Waals surface area contributed by atoms with Crippen LogP contribution in [0.15, 0.2) is 36.5 Å². The highest BCUT2D eigenvalue weighted by Gasteiger charge is 2.47. The summed E-state index contributed by atoms with van der Waals surface area (Å²) in [6.45, 7) is 2.48. The number of hydrogen-bond donors (Lipinski definition) is 7. The normalized spacial score (nSPS) is 26.0. The van der Waals surface area contributed by atoms with Crippen LogP contribution in [0.5, 0.6) is 0 Å².